The van der Waals surface area contributed by atoms with E-state index in [0.29, 0.717) is 31.0 Å². The molecule has 0 unspecified atom stereocenters. The van der Waals surface area contributed by atoms with Crippen LogP contribution in [0.25, 0.3) is 11.1 Å². The third kappa shape index (κ3) is 7.74. The fourth-order valence-corrected chi connectivity index (χ4v) is 2.79. The summed E-state index contributed by atoms with van der Waals surface area (Å²) in [6, 6.07) is 15.3. The van der Waals surface area contributed by atoms with E-state index in [4.69, 9.17) is 14.2 Å². The summed E-state index contributed by atoms with van der Waals surface area (Å²) >= 11 is 0. The monoisotopic (exact) mass is 410 g/mol. The van der Waals surface area contributed by atoms with Crippen molar-refractivity contribution in [1.29, 1.82) is 0 Å². The topological polar surface area (TPSA) is 61.8 Å². The molecule has 0 aliphatic heterocycles. The fourth-order valence-electron chi connectivity index (χ4n) is 2.79. The van der Waals surface area contributed by atoms with Gasteiger partial charge < -0.3 is 14.2 Å². The van der Waals surface area contributed by atoms with Crippen LogP contribution < -0.4 is 4.74 Å². The minimum absolute atomic E-state index is 0.305. The number of benzene rings is 2. The van der Waals surface area contributed by atoms with E-state index >= 15 is 0 Å². The molecule has 0 radical (unpaired) electrons. The predicted molar refractivity (Wildman–Crippen MR) is 118 cm³/mol. The summed E-state index contributed by atoms with van der Waals surface area (Å²) in [5.74, 6) is 0.203. The fraction of sp³-hybridized carbons (Fsp3) is 0.360. The zero-order valence-electron chi connectivity index (χ0n) is 17.8. The number of unbranched alkanes of at least 4 members (excludes halogenated alkanes) is 3. The normalized spacial score (nSPS) is 10.3. The molecule has 2 aromatic carbocycles. The van der Waals surface area contributed by atoms with Crippen LogP contribution in [0.4, 0.5) is 0 Å². The molecule has 0 spiro atoms. The number of ether oxygens (including phenoxy) is 3. The molecule has 2 aromatic rings. The molecular weight excluding hydrogens is 380 g/mol. The Hall–Kier alpha value is -3.08. The highest BCUT2D eigenvalue weighted by Crippen LogP contribution is 2.23. The van der Waals surface area contributed by atoms with Crippen molar-refractivity contribution in [2.45, 2.75) is 39.5 Å². The Morgan fingerprint density at radius 1 is 0.800 bits per heavy atom. The summed E-state index contributed by atoms with van der Waals surface area (Å²) < 4.78 is 15.9. The molecule has 0 aliphatic rings. The zero-order chi connectivity index (χ0) is 21.8. The van der Waals surface area contributed by atoms with Gasteiger partial charge in [-0.1, -0.05) is 30.8 Å². The molecule has 0 amide bonds. The van der Waals surface area contributed by atoms with Gasteiger partial charge in [0.1, 0.15) is 5.75 Å². The molecule has 5 nitrogen and oxygen atoms in total. The molecule has 0 heterocycles. The van der Waals surface area contributed by atoms with Gasteiger partial charge in [-0.25, -0.2) is 9.59 Å². The summed E-state index contributed by atoms with van der Waals surface area (Å²) in [7, 11) is 0. The highest BCUT2D eigenvalue weighted by molar-refractivity contribution is 5.90. The third-order valence-electron chi connectivity index (χ3n) is 4.47. The Bertz CT molecular complexity index is 822. The molecule has 160 valence electrons. The van der Waals surface area contributed by atoms with Gasteiger partial charge >= 0.3 is 11.9 Å². The van der Waals surface area contributed by atoms with Crippen LogP contribution in [-0.4, -0.2) is 31.8 Å². The van der Waals surface area contributed by atoms with Crippen LogP contribution in [0.15, 0.2) is 60.7 Å². The molecule has 0 bridgehead atoms. The number of hydrogen-bond acceptors (Lipinski definition) is 5. The number of carbonyl (C=O) groups excluding carboxylic acids is 2. The maximum absolute atomic E-state index is 11.7. The Morgan fingerprint density at radius 3 is 1.93 bits per heavy atom. The lowest BCUT2D eigenvalue weighted by molar-refractivity contribution is -0.139. The maximum atomic E-state index is 11.7. The molecule has 2 rings (SSSR count). The molecule has 0 atom stereocenters. The summed E-state index contributed by atoms with van der Waals surface area (Å²) in [6.45, 7) is 8.45. The van der Waals surface area contributed by atoms with Crippen molar-refractivity contribution in [2.24, 2.45) is 0 Å². The zero-order valence-corrected chi connectivity index (χ0v) is 17.8. The lowest BCUT2D eigenvalue weighted by atomic mass is 10.0. The predicted octanol–water partition coefficient (Wildman–Crippen LogP) is 5.59. The maximum Gasteiger partial charge on any atom is 0.338 e. The van der Waals surface area contributed by atoms with Crippen molar-refractivity contribution >= 4 is 11.9 Å². The molecule has 5 heteroatoms. The first kappa shape index (κ1) is 23.2. The van der Waals surface area contributed by atoms with Gasteiger partial charge in [0.15, 0.2) is 0 Å². The number of carbonyl (C=O) groups is 2. The van der Waals surface area contributed by atoms with Crippen LogP contribution in [-0.2, 0) is 14.3 Å². The Balaban J connectivity index is 1.68. The molecule has 0 aliphatic carbocycles. The van der Waals surface area contributed by atoms with E-state index in [2.05, 4.69) is 6.58 Å². The van der Waals surface area contributed by atoms with E-state index in [9.17, 15) is 9.59 Å². The van der Waals surface area contributed by atoms with E-state index in [1.54, 1.807) is 26.0 Å². The van der Waals surface area contributed by atoms with Gasteiger partial charge in [-0.05, 0) is 74.9 Å². The highest BCUT2D eigenvalue weighted by Gasteiger charge is 2.06. The smallest absolute Gasteiger partial charge is 0.338 e. The van der Waals surface area contributed by atoms with Crippen molar-refractivity contribution < 1.29 is 23.8 Å². The first-order chi connectivity index (χ1) is 14.5. The first-order valence-electron chi connectivity index (χ1n) is 10.3. The molecule has 30 heavy (non-hydrogen) atoms. The molecule has 0 saturated heterocycles. The molecule has 0 N–H and O–H groups in total. The number of esters is 2. The van der Waals surface area contributed by atoms with Crippen LogP contribution in [0.3, 0.4) is 0 Å². The number of rotatable bonds is 12. The Morgan fingerprint density at radius 2 is 1.37 bits per heavy atom. The van der Waals surface area contributed by atoms with Crippen LogP contribution in [0.2, 0.25) is 0 Å². The van der Waals surface area contributed by atoms with Gasteiger partial charge in [0.05, 0.1) is 25.4 Å². The van der Waals surface area contributed by atoms with E-state index in [1.807, 2.05) is 36.4 Å². The van der Waals surface area contributed by atoms with Crippen molar-refractivity contribution in [3.8, 4) is 16.9 Å². The van der Waals surface area contributed by atoms with Crippen molar-refractivity contribution in [2.75, 3.05) is 19.8 Å². The largest absolute Gasteiger partial charge is 0.494 e. The van der Waals surface area contributed by atoms with Gasteiger partial charge in [-0.2, -0.15) is 0 Å². The first-order valence-corrected chi connectivity index (χ1v) is 10.3. The average molecular weight is 411 g/mol. The van der Waals surface area contributed by atoms with Crippen LogP contribution in [0, 0.1) is 0 Å². The second-order valence-corrected chi connectivity index (χ2v) is 7.00. The summed E-state index contributed by atoms with van der Waals surface area (Å²) in [5, 5.41) is 0. The minimum atomic E-state index is -0.322. The Labute approximate surface area is 178 Å². The second-order valence-electron chi connectivity index (χ2n) is 7.00. The average Bonchev–Trinajstić information content (AvgIpc) is 2.76. The van der Waals surface area contributed by atoms with Gasteiger partial charge in [0.25, 0.3) is 0 Å². The third-order valence-corrected chi connectivity index (χ3v) is 4.47. The van der Waals surface area contributed by atoms with Crippen molar-refractivity contribution in [3.63, 3.8) is 0 Å². The van der Waals surface area contributed by atoms with Crippen LogP contribution >= 0.6 is 0 Å². The SMILES string of the molecule is C=C(C)C(=O)OCCCCCCOc1ccc(-c2ccc(C(=O)OCC)cc2)cc1. The summed E-state index contributed by atoms with van der Waals surface area (Å²) in [5.41, 5.74) is 3.07. The molecule has 0 fully saturated rings. The molecule has 0 aromatic heterocycles. The van der Waals surface area contributed by atoms with Gasteiger partial charge in [0.2, 0.25) is 0 Å². The van der Waals surface area contributed by atoms with Gasteiger partial charge in [0, 0.05) is 5.57 Å². The highest BCUT2D eigenvalue weighted by atomic mass is 16.5. The molecule has 0 saturated carbocycles. The Kier molecular flexibility index (Phi) is 9.65. The second kappa shape index (κ2) is 12.5. The van der Waals surface area contributed by atoms with Crippen molar-refractivity contribution in [1.82, 2.24) is 0 Å². The summed E-state index contributed by atoms with van der Waals surface area (Å²) in [6.07, 6.45) is 3.82. The van der Waals surface area contributed by atoms with E-state index in [0.717, 1.165) is 42.6 Å². The van der Waals surface area contributed by atoms with Gasteiger partial charge in [-0.15, -0.1) is 0 Å². The lowest BCUT2D eigenvalue weighted by Crippen LogP contribution is -2.06. The standard InChI is InChI=1S/C25H30O5/c1-4-28-25(27)22-11-9-20(10-12-22)21-13-15-23(16-14-21)29-17-7-5-6-8-18-30-24(26)19(2)3/h9-16H,2,4-8,17-18H2,1,3H3. The van der Waals surface area contributed by atoms with E-state index in [1.165, 1.54) is 0 Å². The van der Waals surface area contributed by atoms with E-state index < -0.39 is 0 Å². The van der Waals surface area contributed by atoms with Crippen LogP contribution in [0.1, 0.15) is 49.9 Å². The van der Waals surface area contributed by atoms with Gasteiger partial charge in [-0.3, -0.25) is 0 Å². The summed E-state index contributed by atoms with van der Waals surface area (Å²) in [4.78, 5) is 23.0. The van der Waals surface area contributed by atoms with Crippen molar-refractivity contribution in [3.05, 3.63) is 66.2 Å². The lowest BCUT2D eigenvalue weighted by Gasteiger charge is -2.08. The molecular formula is C25H30O5. The quantitative estimate of drug-likeness (QED) is 0.259. The van der Waals surface area contributed by atoms with Crippen LogP contribution in [0.5, 0.6) is 5.75 Å². The minimum Gasteiger partial charge on any atom is -0.494 e. The number of hydrogen-bond donors (Lipinski definition) is 0. The van der Waals surface area contributed by atoms with E-state index in [-0.39, 0.29) is 11.9 Å².